The highest BCUT2D eigenvalue weighted by atomic mass is 16.2. The molecule has 112 valence electrons. The molecule has 2 heterocycles. The molecule has 2 aliphatic heterocycles. The minimum atomic E-state index is -0.177. The summed E-state index contributed by atoms with van der Waals surface area (Å²) in [5.74, 6) is 0.305. The lowest BCUT2D eigenvalue weighted by atomic mass is 9.75. The van der Waals surface area contributed by atoms with E-state index < -0.39 is 0 Å². The van der Waals surface area contributed by atoms with Crippen LogP contribution in [0.2, 0.25) is 0 Å². The molecule has 0 spiro atoms. The first kappa shape index (κ1) is 14.3. The number of amides is 1. The Bertz CT molecular complexity index is 581. The number of nitrogens with one attached hydrogen (secondary N) is 1. The number of benzene rings is 1. The van der Waals surface area contributed by atoms with Gasteiger partial charge in [0.15, 0.2) is 0 Å². The van der Waals surface area contributed by atoms with E-state index in [1.54, 1.807) is 0 Å². The van der Waals surface area contributed by atoms with E-state index >= 15 is 0 Å². The monoisotopic (exact) mass is 284 g/mol. The van der Waals surface area contributed by atoms with Crippen molar-refractivity contribution in [2.75, 3.05) is 13.1 Å². The number of carbonyl (C=O) groups excluding carboxylic acids is 1. The van der Waals surface area contributed by atoms with Crippen molar-refractivity contribution in [1.82, 2.24) is 10.2 Å². The highest BCUT2D eigenvalue weighted by Crippen LogP contribution is 2.41. The fourth-order valence-electron chi connectivity index (χ4n) is 4.18. The van der Waals surface area contributed by atoms with Gasteiger partial charge in [0.25, 0.3) is 0 Å². The summed E-state index contributed by atoms with van der Waals surface area (Å²) in [7, 11) is 0. The maximum absolute atomic E-state index is 12.1. The van der Waals surface area contributed by atoms with Crippen LogP contribution >= 0.6 is 0 Å². The van der Waals surface area contributed by atoms with E-state index in [4.69, 9.17) is 0 Å². The van der Waals surface area contributed by atoms with Gasteiger partial charge in [-0.05, 0) is 37.8 Å². The first-order valence-corrected chi connectivity index (χ1v) is 7.81. The van der Waals surface area contributed by atoms with Gasteiger partial charge in [-0.25, -0.2) is 0 Å². The molecular weight excluding hydrogens is 260 g/mol. The van der Waals surface area contributed by atoms with E-state index in [-0.39, 0.29) is 11.6 Å². The Morgan fingerprint density at radius 1 is 1.48 bits per heavy atom. The van der Waals surface area contributed by atoms with Crippen molar-refractivity contribution in [2.45, 2.75) is 44.7 Å². The van der Waals surface area contributed by atoms with Crippen LogP contribution in [0.1, 0.15) is 36.0 Å². The summed E-state index contributed by atoms with van der Waals surface area (Å²) >= 11 is 0. The number of fused-ring (bicyclic) bond motifs is 1. The second-order valence-corrected chi connectivity index (χ2v) is 6.35. The molecule has 0 aromatic heterocycles. The van der Waals surface area contributed by atoms with Gasteiger partial charge in [-0.1, -0.05) is 29.8 Å². The molecule has 3 nitrogen and oxygen atoms in total. The SMILES string of the molecule is C=CCC1(c2ccc(C)cc2C)NCCN2C(=O)CCC21. The quantitative estimate of drug-likeness (QED) is 0.866. The lowest BCUT2D eigenvalue weighted by molar-refractivity contribution is -0.131. The molecule has 3 heteroatoms. The molecule has 3 rings (SSSR count). The Morgan fingerprint density at radius 3 is 3.00 bits per heavy atom. The summed E-state index contributed by atoms with van der Waals surface area (Å²) in [6.45, 7) is 9.93. The van der Waals surface area contributed by atoms with Gasteiger partial charge in [0.1, 0.15) is 0 Å². The first-order valence-electron chi connectivity index (χ1n) is 7.81. The molecular formula is C18H24N2O. The lowest BCUT2D eigenvalue weighted by Gasteiger charge is -2.48. The molecule has 2 saturated heterocycles. The Balaban J connectivity index is 2.10. The van der Waals surface area contributed by atoms with Crippen molar-refractivity contribution >= 4 is 5.91 Å². The van der Waals surface area contributed by atoms with E-state index in [0.29, 0.717) is 12.3 Å². The fraction of sp³-hybridized carbons (Fsp3) is 0.500. The first-order chi connectivity index (χ1) is 10.1. The van der Waals surface area contributed by atoms with Crippen LogP contribution in [0.25, 0.3) is 0 Å². The van der Waals surface area contributed by atoms with Crippen molar-refractivity contribution in [1.29, 1.82) is 0 Å². The summed E-state index contributed by atoms with van der Waals surface area (Å²) in [5, 5.41) is 3.74. The summed E-state index contributed by atoms with van der Waals surface area (Å²) in [4.78, 5) is 14.2. The third kappa shape index (κ3) is 2.20. The third-order valence-electron chi connectivity index (χ3n) is 5.02. The summed E-state index contributed by atoms with van der Waals surface area (Å²) in [6, 6.07) is 6.88. The molecule has 2 unspecified atom stereocenters. The number of carbonyl (C=O) groups is 1. The van der Waals surface area contributed by atoms with Crippen LogP contribution in [-0.4, -0.2) is 29.9 Å². The van der Waals surface area contributed by atoms with E-state index in [0.717, 1.165) is 25.9 Å². The molecule has 1 aromatic carbocycles. The average Bonchev–Trinajstić information content (AvgIpc) is 2.82. The smallest absolute Gasteiger partial charge is 0.223 e. The number of aryl methyl sites for hydroxylation is 2. The Hall–Kier alpha value is -1.61. The summed E-state index contributed by atoms with van der Waals surface area (Å²) < 4.78 is 0. The van der Waals surface area contributed by atoms with Gasteiger partial charge in [-0.3, -0.25) is 4.79 Å². The van der Waals surface area contributed by atoms with Gasteiger partial charge < -0.3 is 10.2 Å². The van der Waals surface area contributed by atoms with E-state index in [2.05, 4.69) is 48.8 Å². The van der Waals surface area contributed by atoms with Crippen LogP contribution < -0.4 is 5.32 Å². The average molecular weight is 284 g/mol. The number of nitrogens with zero attached hydrogens (tertiary/aromatic N) is 1. The molecule has 2 aliphatic rings. The zero-order valence-corrected chi connectivity index (χ0v) is 13.0. The van der Waals surface area contributed by atoms with E-state index in [1.165, 1.54) is 16.7 Å². The van der Waals surface area contributed by atoms with E-state index in [1.807, 2.05) is 6.08 Å². The lowest BCUT2D eigenvalue weighted by Crippen LogP contribution is -2.63. The largest absolute Gasteiger partial charge is 0.336 e. The van der Waals surface area contributed by atoms with Crippen molar-refractivity contribution in [3.8, 4) is 0 Å². The normalized spacial score (nSPS) is 28.6. The fourth-order valence-corrected chi connectivity index (χ4v) is 4.18. The second-order valence-electron chi connectivity index (χ2n) is 6.35. The van der Waals surface area contributed by atoms with E-state index in [9.17, 15) is 4.79 Å². The zero-order chi connectivity index (χ0) is 15.0. The van der Waals surface area contributed by atoms with Gasteiger partial charge in [0, 0.05) is 19.5 Å². The van der Waals surface area contributed by atoms with Gasteiger partial charge in [-0.2, -0.15) is 0 Å². The van der Waals surface area contributed by atoms with Crippen LogP contribution in [0, 0.1) is 13.8 Å². The molecule has 1 amide bonds. The minimum absolute atomic E-state index is 0.177. The minimum Gasteiger partial charge on any atom is -0.336 e. The van der Waals surface area contributed by atoms with Gasteiger partial charge in [0.2, 0.25) is 5.91 Å². The Morgan fingerprint density at radius 2 is 2.29 bits per heavy atom. The van der Waals surface area contributed by atoms with Crippen LogP contribution in [-0.2, 0) is 10.3 Å². The van der Waals surface area contributed by atoms with Crippen LogP contribution in [0.4, 0.5) is 0 Å². The molecule has 0 bridgehead atoms. The molecule has 1 aromatic rings. The topological polar surface area (TPSA) is 32.3 Å². The highest BCUT2D eigenvalue weighted by Gasteiger charge is 2.49. The molecule has 2 fully saturated rings. The van der Waals surface area contributed by atoms with Crippen LogP contribution in [0.15, 0.2) is 30.9 Å². The van der Waals surface area contributed by atoms with Gasteiger partial charge in [-0.15, -0.1) is 6.58 Å². The van der Waals surface area contributed by atoms with Gasteiger partial charge in [0.05, 0.1) is 11.6 Å². The number of piperazine rings is 1. The molecule has 0 aliphatic carbocycles. The summed E-state index contributed by atoms with van der Waals surface area (Å²) in [6.07, 6.45) is 4.45. The molecule has 2 atom stereocenters. The number of hydrogen-bond donors (Lipinski definition) is 1. The molecule has 21 heavy (non-hydrogen) atoms. The Labute approximate surface area is 127 Å². The number of rotatable bonds is 3. The Kier molecular flexibility index (Phi) is 3.62. The number of hydrogen-bond acceptors (Lipinski definition) is 2. The maximum Gasteiger partial charge on any atom is 0.223 e. The zero-order valence-electron chi connectivity index (χ0n) is 13.0. The van der Waals surface area contributed by atoms with Crippen LogP contribution in [0.5, 0.6) is 0 Å². The summed E-state index contributed by atoms with van der Waals surface area (Å²) in [5.41, 5.74) is 3.72. The maximum atomic E-state index is 12.1. The third-order valence-corrected chi connectivity index (χ3v) is 5.02. The van der Waals surface area contributed by atoms with Crippen molar-refractivity contribution < 1.29 is 4.79 Å². The van der Waals surface area contributed by atoms with Crippen molar-refractivity contribution in [3.63, 3.8) is 0 Å². The molecule has 1 N–H and O–H groups in total. The predicted molar refractivity (Wildman–Crippen MR) is 85.1 cm³/mol. The highest BCUT2D eigenvalue weighted by molar-refractivity contribution is 5.79. The molecule has 0 saturated carbocycles. The van der Waals surface area contributed by atoms with Crippen molar-refractivity contribution in [3.05, 3.63) is 47.5 Å². The second kappa shape index (κ2) is 5.30. The van der Waals surface area contributed by atoms with Gasteiger partial charge >= 0.3 is 0 Å². The van der Waals surface area contributed by atoms with Crippen molar-refractivity contribution in [2.24, 2.45) is 0 Å². The molecule has 0 radical (unpaired) electrons. The standard InChI is InChI=1S/C18H24N2O/c1-4-9-18(15-6-5-13(2)12-14(15)3)16-7-8-17(21)20(16)11-10-19-18/h4-6,12,16,19H,1,7-11H2,2-3H3. The predicted octanol–water partition coefficient (Wildman–Crippen LogP) is 2.67. The van der Waals surface area contributed by atoms with Crippen LogP contribution in [0.3, 0.4) is 0 Å².